The molecule has 1 aliphatic rings. The zero-order valence-electron chi connectivity index (χ0n) is 8.32. The summed E-state index contributed by atoms with van der Waals surface area (Å²) in [6, 6.07) is 10.6. The highest BCUT2D eigenvalue weighted by molar-refractivity contribution is 7.98. The number of hydrogen-bond acceptors (Lipinski definition) is 2. The van der Waals surface area contributed by atoms with Gasteiger partial charge in [-0.2, -0.15) is 11.8 Å². The van der Waals surface area contributed by atoms with Crippen molar-refractivity contribution < 1.29 is 4.74 Å². The minimum absolute atomic E-state index is 0.517. The standard InChI is InChI=1S/C12H16OS/c1-2-5-11(6-3-1)9-14-10-12-7-4-8-13-12/h1-3,5-6,12H,4,7-10H2. The van der Waals surface area contributed by atoms with Gasteiger partial charge in [-0.3, -0.25) is 0 Å². The average Bonchev–Trinajstić information content (AvgIpc) is 2.72. The first kappa shape index (κ1) is 10.1. The summed E-state index contributed by atoms with van der Waals surface area (Å²) in [5.41, 5.74) is 1.41. The highest BCUT2D eigenvalue weighted by atomic mass is 32.2. The number of thioether (sulfide) groups is 1. The highest BCUT2D eigenvalue weighted by Gasteiger charge is 2.14. The lowest BCUT2D eigenvalue weighted by Gasteiger charge is -2.08. The lowest BCUT2D eigenvalue weighted by molar-refractivity contribution is 0.129. The maximum atomic E-state index is 5.57. The van der Waals surface area contributed by atoms with E-state index in [9.17, 15) is 0 Å². The Bertz CT molecular complexity index is 254. The summed E-state index contributed by atoms with van der Waals surface area (Å²) < 4.78 is 5.57. The monoisotopic (exact) mass is 208 g/mol. The molecule has 1 aromatic rings. The van der Waals surface area contributed by atoms with Crippen molar-refractivity contribution in [1.82, 2.24) is 0 Å². The van der Waals surface area contributed by atoms with E-state index in [4.69, 9.17) is 4.74 Å². The molecular weight excluding hydrogens is 192 g/mol. The van der Waals surface area contributed by atoms with Crippen molar-refractivity contribution in [2.75, 3.05) is 12.4 Å². The van der Waals surface area contributed by atoms with Crippen LogP contribution in [0.4, 0.5) is 0 Å². The molecule has 76 valence electrons. The third-order valence-electron chi connectivity index (χ3n) is 2.44. The molecule has 0 bridgehead atoms. The predicted molar refractivity (Wildman–Crippen MR) is 61.6 cm³/mol. The Morgan fingerprint density at radius 2 is 2.14 bits per heavy atom. The van der Waals surface area contributed by atoms with E-state index in [-0.39, 0.29) is 0 Å². The second kappa shape index (κ2) is 5.42. The van der Waals surface area contributed by atoms with Crippen LogP contribution in [0.1, 0.15) is 18.4 Å². The molecule has 0 N–H and O–H groups in total. The molecule has 1 saturated heterocycles. The molecule has 0 amide bonds. The summed E-state index contributed by atoms with van der Waals surface area (Å²) in [6.45, 7) is 0.969. The van der Waals surface area contributed by atoms with Crippen LogP contribution < -0.4 is 0 Å². The van der Waals surface area contributed by atoms with Gasteiger partial charge >= 0.3 is 0 Å². The Kier molecular flexibility index (Phi) is 3.90. The number of hydrogen-bond donors (Lipinski definition) is 0. The second-order valence-corrected chi connectivity index (χ2v) is 4.67. The van der Waals surface area contributed by atoms with Crippen molar-refractivity contribution in [1.29, 1.82) is 0 Å². The van der Waals surface area contributed by atoms with E-state index in [1.54, 1.807) is 0 Å². The fourth-order valence-corrected chi connectivity index (χ4v) is 2.73. The molecule has 0 aliphatic carbocycles. The van der Waals surface area contributed by atoms with Gasteiger partial charge in [0.05, 0.1) is 6.10 Å². The van der Waals surface area contributed by atoms with Crippen molar-refractivity contribution in [2.24, 2.45) is 0 Å². The van der Waals surface area contributed by atoms with Crippen LogP contribution >= 0.6 is 11.8 Å². The van der Waals surface area contributed by atoms with Gasteiger partial charge in [-0.05, 0) is 18.4 Å². The van der Waals surface area contributed by atoms with Crippen molar-refractivity contribution in [2.45, 2.75) is 24.7 Å². The summed E-state index contributed by atoms with van der Waals surface area (Å²) >= 11 is 1.98. The van der Waals surface area contributed by atoms with E-state index in [0.29, 0.717) is 6.10 Å². The fraction of sp³-hybridized carbons (Fsp3) is 0.500. The van der Waals surface area contributed by atoms with Crippen LogP contribution in [-0.4, -0.2) is 18.5 Å². The first-order valence-corrected chi connectivity index (χ1v) is 6.34. The third kappa shape index (κ3) is 3.03. The lowest BCUT2D eigenvalue weighted by Crippen LogP contribution is -2.07. The number of benzene rings is 1. The van der Waals surface area contributed by atoms with Gasteiger partial charge in [-0.25, -0.2) is 0 Å². The van der Waals surface area contributed by atoms with Crippen molar-refractivity contribution in [3.63, 3.8) is 0 Å². The summed E-state index contributed by atoms with van der Waals surface area (Å²) in [4.78, 5) is 0. The van der Waals surface area contributed by atoms with Crippen LogP contribution in [0.2, 0.25) is 0 Å². The normalized spacial score (nSPS) is 21.3. The van der Waals surface area contributed by atoms with E-state index in [1.807, 2.05) is 11.8 Å². The maximum Gasteiger partial charge on any atom is 0.0666 e. The molecule has 14 heavy (non-hydrogen) atoms. The average molecular weight is 208 g/mol. The van der Waals surface area contributed by atoms with Crippen LogP contribution in [0.3, 0.4) is 0 Å². The van der Waals surface area contributed by atoms with Crippen LogP contribution in [0.25, 0.3) is 0 Å². The topological polar surface area (TPSA) is 9.23 Å². The molecule has 2 heteroatoms. The molecule has 1 aliphatic heterocycles. The summed E-state index contributed by atoms with van der Waals surface area (Å²) in [6.07, 6.45) is 3.02. The second-order valence-electron chi connectivity index (χ2n) is 3.64. The Hall–Kier alpha value is -0.470. The molecule has 1 atom stereocenters. The predicted octanol–water partition coefficient (Wildman–Crippen LogP) is 3.10. The van der Waals surface area contributed by atoms with Crippen LogP contribution in [0.5, 0.6) is 0 Å². The summed E-state index contributed by atoms with van der Waals surface area (Å²) in [5, 5.41) is 0. The molecule has 0 radical (unpaired) electrons. The van der Waals surface area contributed by atoms with Gasteiger partial charge in [0.1, 0.15) is 0 Å². The van der Waals surface area contributed by atoms with E-state index >= 15 is 0 Å². The van der Waals surface area contributed by atoms with Gasteiger partial charge in [0, 0.05) is 18.1 Å². The first-order valence-electron chi connectivity index (χ1n) is 5.18. The van der Waals surface area contributed by atoms with Gasteiger partial charge < -0.3 is 4.74 Å². The van der Waals surface area contributed by atoms with Gasteiger partial charge in [-0.1, -0.05) is 30.3 Å². The largest absolute Gasteiger partial charge is 0.377 e. The fourth-order valence-electron chi connectivity index (χ4n) is 1.66. The van der Waals surface area contributed by atoms with Crippen molar-refractivity contribution >= 4 is 11.8 Å². The maximum absolute atomic E-state index is 5.57. The Morgan fingerprint density at radius 1 is 1.29 bits per heavy atom. The van der Waals surface area contributed by atoms with Crippen LogP contribution in [0, 0.1) is 0 Å². The summed E-state index contributed by atoms with van der Waals surface area (Å²) in [5.74, 6) is 2.26. The van der Waals surface area contributed by atoms with Crippen LogP contribution in [-0.2, 0) is 10.5 Å². The third-order valence-corrected chi connectivity index (χ3v) is 3.58. The Labute approximate surface area is 89.9 Å². The van der Waals surface area contributed by atoms with Crippen LogP contribution in [0.15, 0.2) is 30.3 Å². The lowest BCUT2D eigenvalue weighted by atomic mass is 10.2. The van der Waals surface area contributed by atoms with Gasteiger partial charge in [0.25, 0.3) is 0 Å². The van der Waals surface area contributed by atoms with E-state index in [0.717, 1.165) is 18.1 Å². The molecule has 1 nitrogen and oxygen atoms in total. The Morgan fingerprint density at radius 3 is 2.86 bits per heavy atom. The van der Waals surface area contributed by atoms with E-state index < -0.39 is 0 Å². The van der Waals surface area contributed by atoms with E-state index in [1.165, 1.54) is 18.4 Å². The van der Waals surface area contributed by atoms with Crippen molar-refractivity contribution in [3.8, 4) is 0 Å². The molecule has 0 saturated carbocycles. The molecule has 1 fully saturated rings. The molecule has 0 spiro atoms. The molecule has 1 aromatic carbocycles. The van der Waals surface area contributed by atoms with Crippen molar-refractivity contribution in [3.05, 3.63) is 35.9 Å². The zero-order chi connectivity index (χ0) is 9.64. The molecular formula is C12H16OS. The summed E-state index contributed by atoms with van der Waals surface area (Å²) in [7, 11) is 0. The smallest absolute Gasteiger partial charge is 0.0666 e. The number of ether oxygens (including phenoxy) is 1. The first-order chi connectivity index (χ1) is 6.95. The zero-order valence-corrected chi connectivity index (χ0v) is 9.13. The number of rotatable bonds is 4. The molecule has 0 aromatic heterocycles. The molecule has 1 heterocycles. The van der Waals surface area contributed by atoms with Gasteiger partial charge in [-0.15, -0.1) is 0 Å². The molecule has 2 rings (SSSR count). The quantitative estimate of drug-likeness (QED) is 0.752. The van der Waals surface area contributed by atoms with Gasteiger partial charge in [0.2, 0.25) is 0 Å². The minimum atomic E-state index is 0.517. The SMILES string of the molecule is c1ccc(CSCC2CCCO2)cc1. The highest BCUT2D eigenvalue weighted by Crippen LogP contribution is 2.19. The molecule has 1 unspecified atom stereocenters. The van der Waals surface area contributed by atoms with Gasteiger partial charge in [0.15, 0.2) is 0 Å². The Balaban J connectivity index is 1.67. The van der Waals surface area contributed by atoms with E-state index in [2.05, 4.69) is 30.3 Å². The minimum Gasteiger partial charge on any atom is -0.377 e.